The molecule has 1 radical (unpaired) electrons. The van der Waals surface area contributed by atoms with E-state index in [2.05, 4.69) is 4.74 Å². The van der Waals surface area contributed by atoms with Gasteiger partial charge in [0.15, 0.2) is 0 Å². The lowest BCUT2D eigenvalue weighted by Crippen LogP contribution is -2.07. The third-order valence-electron chi connectivity index (χ3n) is 2.11. The number of methoxy groups -OCH3 is 1. The average Bonchev–Trinajstić information content (AvgIpc) is 2.26. The molecule has 0 unspecified atom stereocenters. The molecule has 75 valence electrons. The predicted molar refractivity (Wildman–Crippen MR) is 52.5 cm³/mol. The second-order valence-electron chi connectivity index (χ2n) is 2.85. The largest absolute Gasteiger partial charge is 0.465 e. The SMILES string of the molecule is CCc1c([CH]O)cccc1C(=O)OC. The molecule has 0 bridgehead atoms. The van der Waals surface area contributed by atoms with Crippen LogP contribution in [0.4, 0.5) is 0 Å². The molecule has 0 saturated carbocycles. The van der Waals surface area contributed by atoms with Gasteiger partial charge < -0.3 is 9.84 Å². The van der Waals surface area contributed by atoms with Gasteiger partial charge >= 0.3 is 5.97 Å². The molecule has 1 aromatic rings. The number of carbonyl (C=O) groups excluding carboxylic acids is 1. The van der Waals surface area contributed by atoms with Crippen LogP contribution in [0.25, 0.3) is 0 Å². The summed E-state index contributed by atoms with van der Waals surface area (Å²) >= 11 is 0. The minimum absolute atomic E-state index is 0.370. The summed E-state index contributed by atoms with van der Waals surface area (Å²) in [7, 11) is 1.34. The lowest BCUT2D eigenvalue weighted by molar-refractivity contribution is 0.0599. The van der Waals surface area contributed by atoms with Crippen molar-refractivity contribution in [1.29, 1.82) is 0 Å². The first-order valence-corrected chi connectivity index (χ1v) is 4.42. The number of aliphatic hydroxyl groups is 1. The highest BCUT2D eigenvalue weighted by Gasteiger charge is 2.12. The molecule has 0 aliphatic rings. The molecule has 0 aromatic heterocycles. The number of esters is 1. The molecule has 3 heteroatoms. The molecule has 0 fully saturated rings. The van der Waals surface area contributed by atoms with E-state index in [-0.39, 0.29) is 5.97 Å². The van der Waals surface area contributed by atoms with Crippen LogP contribution in [0.3, 0.4) is 0 Å². The van der Waals surface area contributed by atoms with Gasteiger partial charge in [-0.15, -0.1) is 0 Å². The van der Waals surface area contributed by atoms with E-state index in [4.69, 9.17) is 5.11 Å². The smallest absolute Gasteiger partial charge is 0.338 e. The molecule has 0 atom stereocenters. The van der Waals surface area contributed by atoms with E-state index in [1.165, 1.54) is 7.11 Å². The van der Waals surface area contributed by atoms with Gasteiger partial charge in [0, 0.05) is 0 Å². The maximum Gasteiger partial charge on any atom is 0.338 e. The molecule has 0 saturated heterocycles. The van der Waals surface area contributed by atoms with Gasteiger partial charge in [0.05, 0.1) is 12.7 Å². The van der Waals surface area contributed by atoms with Gasteiger partial charge in [-0.2, -0.15) is 0 Å². The highest BCUT2D eigenvalue weighted by Crippen LogP contribution is 2.17. The molecular weight excluding hydrogens is 180 g/mol. The third kappa shape index (κ3) is 1.93. The number of hydrogen-bond donors (Lipinski definition) is 1. The van der Waals surface area contributed by atoms with Crippen molar-refractivity contribution in [3.8, 4) is 0 Å². The van der Waals surface area contributed by atoms with Crippen molar-refractivity contribution in [2.45, 2.75) is 13.3 Å². The molecule has 3 nitrogen and oxygen atoms in total. The number of benzene rings is 1. The molecule has 0 aliphatic heterocycles. The van der Waals surface area contributed by atoms with Crippen molar-refractivity contribution in [2.24, 2.45) is 0 Å². The Kier molecular flexibility index (Phi) is 3.65. The zero-order chi connectivity index (χ0) is 10.6. The number of carbonyl (C=O) groups is 1. The first kappa shape index (κ1) is 10.7. The van der Waals surface area contributed by atoms with Gasteiger partial charge in [0.25, 0.3) is 0 Å². The summed E-state index contributed by atoms with van der Waals surface area (Å²) in [5.41, 5.74) is 1.98. The Labute approximate surface area is 83.3 Å². The van der Waals surface area contributed by atoms with Gasteiger partial charge in [0.1, 0.15) is 6.61 Å². The van der Waals surface area contributed by atoms with Gasteiger partial charge in [-0.25, -0.2) is 4.79 Å². The Hall–Kier alpha value is -1.35. The summed E-state index contributed by atoms with van der Waals surface area (Å²) in [6.07, 6.45) is 0.678. The van der Waals surface area contributed by atoms with E-state index in [0.717, 1.165) is 12.2 Å². The van der Waals surface area contributed by atoms with Crippen molar-refractivity contribution < 1.29 is 14.6 Å². The number of ether oxygens (including phenoxy) is 1. The van der Waals surface area contributed by atoms with E-state index in [0.29, 0.717) is 17.5 Å². The van der Waals surface area contributed by atoms with Crippen molar-refractivity contribution >= 4 is 5.97 Å². The Morgan fingerprint density at radius 2 is 2.29 bits per heavy atom. The Morgan fingerprint density at radius 3 is 2.79 bits per heavy atom. The summed E-state index contributed by atoms with van der Waals surface area (Å²) in [6.45, 7) is 2.93. The van der Waals surface area contributed by atoms with Crippen LogP contribution >= 0.6 is 0 Å². The molecule has 14 heavy (non-hydrogen) atoms. The van der Waals surface area contributed by atoms with Crippen molar-refractivity contribution in [3.05, 3.63) is 41.5 Å². The molecule has 1 aromatic carbocycles. The van der Waals surface area contributed by atoms with E-state index < -0.39 is 0 Å². The van der Waals surface area contributed by atoms with Crippen LogP contribution in [0.1, 0.15) is 28.4 Å². The second-order valence-corrected chi connectivity index (χ2v) is 2.85. The van der Waals surface area contributed by atoms with E-state index in [9.17, 15) is 4.79 Å². The van der Waals surface area contributed by atoms with E-state index >= 15 is 0 Å². The molecular formula is C11H13O3. The zero-order valence-corrected chi connectivity index (χ0v) is 8.28. The number of hydrogen-bond acceptors (Lipinski definition) is 3. The lowest BCUT2D eigenvalue weighted by atomic mass is 9.99. The van der Waals surface area contributed by atoms with Crippen LogP contribution in [0.15, 0.2) is 18.2 Å². The summed E-state index contributed by atoms with van der Waals surface area (Å²) in [5.74, 6) is -0.370. The standard InChI is InChI=1S/C11H13O3/c1-3-9-8(7-12)5-4-6-10(9)11(13)14-2/h4-7,12H,3H2,1-2H3. The van der Waals surface area contributed by atoms with E-state index in [1.54, 1.807) is 18.2 Å². The fourth-order valence-electron chi connectivity index (χ4n) is 1.42. The highest BCUT2D eigenvalue weighted by molar-refractivity contribution is 5.91. The second kappa shape index (κ2) is 4.77. The van der Waals surface area contributed by atoms with Crippen LogP contribution in [0.2, 0.25) is 0 Å². The van der Waals surface area contributed by atoms with Crippen LogP contribution in [0.5, 0.6) is 0 Å². The van der Waals surface area contributed by atoms with Crippen molar-refractivity contribution in [1.82, 2.24) is 0 Å². The Balaban J connectivity index is 3.21. The van der Waals surface area contributed by atoms with Crippen molar-refractivity contribution in [3.63, 3.8) is 0 Å². The molecule has 1 rings (SSSR count). The topological polar surface area (TPSA) is 46.5 Å². The summed E-state index contributed by atoms with van der Waals surface area (Å²) in [5, 5.41) is 8.95. The van der Waals surface area contributed by atoms with Crippen LogP contribution in [-0.2, 0) is 11.2 Å². The maximum absolute atomic E-state index is 11.3. The third-order valence-corrected chi connectivity index (χ3v) is 2.11. The molecule has 1 N–H and O–H groups in total. The maximum atomic E-state index is 11.3. The number of aliphatic hydroxyl groups excluding tert-OH is 1. The quantitative estimate of drug-likeness (QED) is 0.746. The van der Waals surface area contributed by atoms with Crippen LogP contribution in [-0.4, -0.2) is 18.2 Å². The van der Waals surface area contributed by atoms with Gasteiger partial charge in [-0.05, 0) is 23.6 Å². The molecule has 0 amide bonds. The minimum atomic E-state index is -0.370. The van der Waals surface area contributed by atoms with E-state index in [1.807, 2.05) is 6.92 Å². The fraction of sp³-hybridized carbons (Fsp3) is 0.273. The summed E-state index contributed by atoms with van der Waals surface area (Å²) in [6, 6.07) is 5.16. The molecule has 0 aliphatic carbocycles. The van der Waals surface area contributed by atoms with Gasteiger partial charge in [0.2, 0.25) is 0 Å². The first-order valence-electron chi connectivity index (χ1n) is 4.42. The normalized spacial score (nSPS) is 9.93. The Morgan fingerprint density at radius 1 is 1.57 bits per heavy atom. The first-order chi connectivity index (χ1) is 6.74. The lowest BCUT2D eigenvalue weighted by Gasteiger charge is -2.09. The van der Waals surface area contributed by atoms with Crippen LogP contribution < -0.4 is 0 Å². The zero-order valence-electron chi connectivity index (χ0n) is 8.28. The average molecular weight is 193 g/mol. The molecule has 0 spiro atoms. The predicted octanol–water partition coefficient (Wildman–Crippen LogP) is 1.92. The summed E-state index contributed by atoms with van der Waals surface area (Å²) < 4.78 is 4.64. The summed E-state index contributed by atoms with van der Waals surface area (Å²) in [4.78, 5) is 11.3. The Bertz CT molecular complexity index is 331. The minimum Gasteiger partial charge on any atom is -0.465 e. The molecule has 0 heterocycles. The monoisotopic (exact) mass is 193 g/mol. The van der Waals surface area contributed by atoms with Gasteiger partial charge in [-0.1, -0.05) is 19.1 Å². The van der Waals surface area contributed by atoms with Crippen molar-refractivity contribution in [2.75, 3.05) is 7.11 Å². The van der Waals surface area contributed by atoms with Gasteiger partial charge in [-0.3, -0.25) is 0 Å². The fourth-order valence-corrected chi connectivity index (χ4v) is 1.42. The highest BCUT2D eigenvalue weighted by atomic mass is 16.5. The van der Waals surface area contributed by atoms with Crippen LogP contribution in [0, 0.1) is 6.61 Å². The number of rotatable bonds is 3.